The second kappa shape index (κ2) is 7.05. The van der Waals surface area contributed by atoms with E-state index >= 15 is 0 Å². The normalized spacial score (nSPS) is 11.6. The highest BCUT2D eigenvalue weighted by Gasteiger charge is 2.05. The Morgan fingerprint density at radius 1 is 1.30 bits per heavy atom. The lowest BCUT2D eigenvalue weighted by molar-refractivity contribution is 0.318. The Kier molecular flexibility index (Phi) is 5.12. The summed E-state index contributed by atoms with van der Waals surface area (Å²) in [7, 11) is 0. The molecule has 0 aliphatic heterocycles. The molecule has 0 saturated heterocycles. The first-order valence-corrected chi connectivity index (χ1v) is 7.59. The van der Waals surface area contributed by atoms with Crippen LogP contribution in [0.4, 0.5) is 0 Å². The molecule has 0 aliphatic carbocycles. The quantitative estimate of drug-likeness (QED) is 0.682. The number of nitrogens with zero attached hydrogens (tertiary/aromatic N) is 2. The van der Waals surface area contributed by atoms with Gasteiger partial charge in [0.2, 0.25) is 0 Å². The van der Waals surface area contributed by atoms with Crippen LogP contribution in [-0.4, -0.2) is 17.2 Å². The summed E-state index contributed by atoms with van der Waals surface area (Å²) in [5, 5.41) is 9.77. The SMILES string of the molecule is CCOC(=N)/N=c1\scc(CC)n1Cc1ccccc1. The van der Waals surface area contributed by atoms with Crippen molar-refractivity contribution < 1.29 is 4.74 Å². The van der Waals surface area contributed by atoms with Crippen LogP contribution >= 0.6 is 11.3 Å². The molecule has 1 heterocycles. The van der Waals surface area contributed by atoms with Gasteiger partial charge in [0.1, 0.15) is 0 Å². The number of aryl methyl sites for hydroxylation is 1. The van der Waals surface area contributed by atoms with Gasteiger partial charge in [-0.3, -0.25) is 0 Å². The van der Waals surface area contributed by atoms with E-state index in [4.69, 9.17) is 10.1 Å². The molecule has 1 aromatic heterocycles. The van der Waals surface area contributed by atoms with Gasteiger partial charge in [0.05, 0.1) is 13.2 Å². The number of rotatable bonds is 4. The summed E-state index contributed by atoms with van der Waals surface area (Å²) in [5.74, 6) is 0. The predicted molar refractivity (Wildman–Crippen MR) is 82.1 cm³/mol. The van der Waals surface area contributed by atoms with Crippen LogP contribution in [0, 0.1) is 5.41 Å². The van der Waals surface area contributed by atoms with Crippen molar-refractivity contribution in [3.63, 3.8) is 0 Å². The molecule has 0 atom stereocenters. The molecule has 106 valence electrons. The van der Waals surface area contributed by atoms with E-state index in [1.807, 2.05) is 25.1 Å². The van der Waals surface area contributed by atoms with Crippen molar-refractivity contribution in [2.45, 2.75) is 26.8 Å². The molecule has 1 N–H and O–H groups in total. The molecule has 0 spiro atoms. The molecule has 0 aliphatic rings. The Morgan fingerprint density at radius 2 is 2.05 bits per heavy atom. The molecule has 0 bridgehead atoms. The Hall–Kier alpha value is -1.88. The standard InChI is InChI=1S/C15H19N3OS/c1-3-13-11-20-15(17-14(16)19-4-2)18(13)10-12-8-6-5-7-9-12/h5-9,11,16H,3-4,10H2,1-2H3/b16-14?,17-15-. The lowest BCUT2D eigenvalue weighted by Crippen LogP contribution is -2.20. The fraction of sp³-hybridized carbons (Fsp3) is 0.333. The predicted octanol–water partition coefficient (Wildman–Crippen LogP) is 3.03. The number of amidine groups is 1. The molecule has 4 nitrogen and oxygen atoms in total. The van der Waals surface area contributed by atoms with Gasteiger partial charge >= 0.3 is 6.02 Å². The minimum Gasteiger partial charge on any atom is -0.464 e. The molecule has 5 heteroatoms. The van der Waals surface area contributed by atoms with Gasteiger partial charge in [-0.1, -0.05) is 37.3 Å². The van der Waals surface area contributed by atoms with Crippen LogP contribution in [0.1, 0.15) is 25.1 Å². The average Bonchev–Trinajstić information content (AvgIpc) is 2.82. The summed E-state index contributed by atoms with van der Waals surface area (Å²) >= 11 is 1.55. The third-order valence-electron chi connectivity index (χ3n) is 2.90. The van der Waals surface area contributed by atoms with Gasteiger partial charge in [0.25, 0.3) is 0 Å². The summed E-state index contributed by atoms with van der Waals surface area (Å²) in [6.07, 6.45) is 0.945. The minimum atomic E-state index is -0.0289. The Balaban J connectivity index is 2.35. The number of ether oxygens (including phenoxy) is 1. The van der Waals surface area contributed by atoms with Crippen molar-refractivity contribution in [1.29, 1.82) is 5.41 Å². The van der Waals surface area contributed by atoms with E-state index in [0.29, 0.717) is 6.61 Å². The minimum absolute atomic E-state index is 0.0289. The Labute approximate surface area is 122 Å². The van der Waals surface area contributed by atoms with Gasteiger partial charge in [0, 0.05) is 11.1 Å². The summed E-state index contributed by atoms with van der Waals surface area (Å²) in [5.41, 5.74) is 2.45. The van der Waals surface area contributed by atoms with E-state index in [1.165, 1.54) is 11.3 Å². The molecule has 0 fully saturated rings. The topological polar surface area (TPSA) is 50.4 Å². The highest BCUT2D eigenvalue weighted by Crippen LogP contribution is 2.08. The van der Waals surface area contributed by atoms with Crippen LogP contribution in [0.5, 0.6) is 0 Å². The number of thiazole rings is 1. The second-order valence-corrected chi connectivity index (χ2v) is 5.12. The van der Waals surface area contributed by atoms with Crippen LogP contribution < -0.4 is 4.80 Å². The smallest absolute Gasteiger partial charge is 0.311 e. The molecule has 0 amide bonds. The van der Waals surface area contributed by atoms with E-state index in [-0.39, 0.29) is 6.02 Å². The van der Waals surface area contributed by atoms with Crippen molar-refractivity contribution in [2.75, 3.05) is 6.61 Å². The lowest BCUT2D eigenvalue weighted by atomic mass is 10.2. The van der Waals surface area contributed by atoms with E-state index < -0.39 is 0 Å². The fourth-order valence-corrected chi connectivity index (χ4v) is 2.90. The fourth-order valence-electron chi connectivity index (χ4n) is 1.92. The number of benzene rings is 1. The zero-order valence-electron chi connectivity index (χ0n) is 11.8. The summed E-state index contributed by atoms with van der Waals surface area (Å²) in [6, 6.07) is 10.3. The van der Waals surface area contributed by atoms with Gasteiger partial charge in [-0.2, -0.15) is 4.99 Å². The monoisotopic (exact) mass is 289 g/mol. The summed E-state index contributed by atoms with van der Waals surface area (Å²) in [6.45, 7) is 5.22. The molecule has 2 rings (SSSR count). The summed E-state index contributed by atoms with van der Waals surface area (Å²) < 4.78 is 7.25. The van der Waals surface area contributed by atoms with Crippen LogP contribution in [0.25, 0.3) is 0 Å². The van der Waals surface area contributed by atoms with Gasteiger partial charge in [-0.05, 0) is 18.9 Å². The van der Waals surface area contributed by atoms with E-state index in [2.05, 4.69) is 34.0 Å². The van der Waals surface area contributed by atoms with Crippen molar-refractivity contribution in [3.05, 3.63) is 51.8 Å². The Morgan fingerprint density at radius 3 is 2.70 bits per heavy atom. The average molecular weight is 289 g/mol. The van der Waals surface area contributed by atoms with Gasteiger partial charge in [-0.25, -0.2) is 5.41 Å². The number of nitrogens with one attached hydrogen (secondary N) is 1. The Bertz CT molecular complexity index is 628. The third-order valence-corrected chi connectivity index (χ3v) is 3.81. The van der Waals surface area contributed by atoms with Crippen molar-refractivity contribution in [3.8, 4) is 0 Å². The third kappa shape index (κ3) is 3.57. The first kappa shape index (κ1) is 14.5. The zero-order chi connectivity index (χ0) is 14.4. The van der Waals surface area contributed by atoms with Gasteiger partial charge < -0.3 is 9.30 Å². The second-order valence-electron chi connectivity index (χ2n) is 4.28. The van der Waals surface area contributed by atoms with Gasteiger partial charge in [-0.15, -0.1) is 11.3 Å². The molecular weight excluding hydrogens is 270 g/mol. The van der Waals surface area contributed by atoms with E-state index in [1.54, 1.807) is 11.3 Å². The maximum Gasteiger partial charge on any atom is 0.311 e. The maximum absolute atomic E-state index is 7.67. The summed E-state index contributed by atoms with van der Waals surface area (Å²) in [4.78, 5) is 5.07. The van der Waals surface area contributed by atoms with Crippen LogP contribution in [0.15, 0.2) is 40.7 Å². The molecule has 1 aromatic carbocycles. The van der Waals surface area contributed by atoms with Gasteiger partial charge in [0.15, 0.2) is 4.80 Å². The van der Waals surface area contributed by atoms with Crippen LogP contribution in [-0.2, 0) is 17.7 Å². The highest BCUT2D eigenvalue weighted by molar-refractivity contribution is 7.07. The molecular formula is C15H19N3OS. The first-order valence-electron chi connectivity index (χ1n) is 6.71. The van der Waals surface area contributed by atoms with E-state index in [0.717, 1.165) is 17.8 Å². The molecule has 0 unspecified atom stereocenters. The highest BCUT2D eigenvalue weighted by atomic mass is 32.1. The van der Waals surface area contributed by atoms with Crippen molar-refractivity contribution in [2.24, 2.45) is 4.99 Å². The van der Waals surface area contributed by atoms with Crippen molar-refractivity contribution in [1.82, 2.24) is 4.57 Å². The maximum atomic E-state index is 7.67. The first-order chi connectivity index (χ1) is 9.74. The van der Waals surface area contributed by atoms with Crippen LogP contribution in [0.3, 0.4) is 0 Å². The molecule has 0 radical (unpaired) electrons. The zero-order valence-corrected chi connectivity index (χ0v) is 12.6. The lowest BCUT2D eigenvalue weighted by Gasteiger charge is -2.07. The number of aromatic nitrogens is 1. The van der Waals surface area contributed by atoms with E-state index in [9.17, 15) is 0 Å². The largest absolute Gasteiger partial charge is 0.464 e. The number of hydrogen-bond acceptors (Lipinski definition) is 3. The van der Waals surface area contributed by atoms with Crippen molar-refractivity contribution >= 4 is 17.4 Å². The number of hydrogen-bond donors (Lipinski definition) is 1. The molecule has 0 saturated carbocycles. The molecule has 20 heavy (non-hydrogen) atoms. The van der Waals surface area contributed by atoms with Crippen LogP contribution in [0.2, 0.25) is 0 Å². The molecule has 2 aromatic rings.